The highest BCUT2D eigenvalue weighted by atomic mass is 35.5. The summed E-state index contributed by atoms with van der Waals surface area (Å²) in [6.07, 6.45) is 6.04. The Morgan fingerprint density at radius 1 is 0.769 bits per heavy atom. The molecular formula is C33H35ClN4O. The SMILES string of the molecule is O=C(c1c(CN2CCC(c3ccccc3)(c3ccccc3)CC2)ncn1Cc1ccc(Cl)cc1)N1CCCC1. The van der Waals surface area contributed by atoms with E-state index in [1.54, 1.807) is 0 Å². The topological polar surface area (TPSA) is 41.4 Å². The summed E-state index contributed by atoms with van der Waals surface area (Å²) in [5.74, 6) is 0.105. The summed E-state index contributed by atoms with van der Waals surface area (Å²) in [4.78, 5) is 23.0. The van der Waals surface area contributed by atoms with E-state index in [-0.39, 0.29) is 11.3 Å². The van der Waals surface area contributed by atoms with Crippen molar-refractivity contribution in [1.82, 2.24) is 19.4 Å². The number of halogens is 1. The maximum absolute atomic E-state index is 13.7. The fraction of sp³-hybridized carbons (Fsp3) is 0.333. The second-order valence-corrected chi connectivity index (χ2v) is 11.3. The molecule has 5 nitrogen and oxygen atoms in total. The average Bonchev–Trinajstić information content (AvgIpc) is 3.66. The predicted octanol–water partition coefficient (Wildman–Crippen LogP) is 6.40. The zero-order valence-corrected chi connectivity index (χ0v) is 23.1. The lowest BCUT2D eigenvalue weighted by molar-refractivity contribution is 0.0779. The van der Waals surface area contributed by atoms with Gasteiger partial charge in [0.05, 0.1) is 12.0 Å². The van der Waals surface area contributed by atoms with Crippen molar-refractivity contribution in [2.75, 3.05) is 26.2 Å². The van der Waals surface area contributed by atoms with Gasteiger partial charge < -0.3 is 9.47 Å². The van der Waals surface area contributed by atoms with Crippen molar-refractivity contribution in [2.24, 2.45) is 0 Å². The lowest BCUT2D eigenvalue weighted by Gasteiger charge is -2.43. The van der Waals surface area contributed by atoms with E-state index in [1.807, 2.05) is 40.1 Å². The Morgan fingerprint density at radius 3 is 1.95 bits per heavy atom. The number of rotatable bonds is 7. The fourth-order valence-electron chi connectivity index (χ4n) is 6.33. The molecule has 1 aromatic heterocycles. The molecule has 0 bridgehead atoms. The Kier molecular flexibility index (Phi) is 7.53. The van der Waals surface area contributed by atoms with Gasteiger partial charge in [0.15, 0.2) is 0 Å². The maximum atomic E-state index is 13.7. The highest BCUT2D eigenvalue weighted by molar-refractivity contribution is 6.30. The number of aromatic nitrogens is 2. The summed E-state index contributed by atoms with van der Waals surface area (Å²) in [5, 5.41) is 0.714. The standard InChI is InChI=1S/C33H35ClN4O/c34-29-15-13-26(14-16-29)23-38-25-35-30(31(38)32(39)37-19-7-8-20-37)24-36-21-17-33(18-22-36,27-9-3-1-4-10-27)28-11-5-2-6-12-28/h1-6,9-16,25H,7-8,17-24H2. The number of nitrogens with zero attached hydrogens (tertiary/aromatic N) is 4. The van der Waals surface area contributed by atoms with Gasteiger partial charge in [0, 0.05) is 36.6 Å². The van der Waals surface area contributed by atoms with E-state index < -0.39 is 0 Å². The second-order valence-electron chi connectivity index (χ2n) is 10.9. The minimum absolute atomic E-state index is 0.00115. The summed E-state index contributed by atoms with van der Waals surface area (Å²) < 4.78 is 2.03. The number of carbonyl (C=O) groups is 1. The van der Waals surface area contributed by atoms with E-state index in [0.29, 0.717) is 18.1 Å². The van der Waals surface area contributed by atoms with Gasteiger partial charge in [0.25, 0.3) is 5.91 Å². The normalized spacial score (nSPS) is 17.4. The number of hydrogen-bond donors (Lipinski definition) is 0. The van der Waals surface area contributed by atoms with Crippen LogP contribution in [0.25, 0.3) is 0 Å². The number of piperidine rings is 1. The quantitative estimate of drug-likeness (QED) is 0.273. The van der Waals surface area contributed by atoms with Crippen molar-refractivity contribution in [3.63, 3.8) is 0 Å². The Morgan fingerprint density at radius 2 is 1.36 bits per heavy atom. The molecule has 0 spiro atoms. The predicted molar refractivity (Wildman–Crippen MR) is 156 cm³/mol. The third-order valence-corrected chi connectivity index (χ3v) is 8.76. The van der Waals surface area contributed by atoms with Crippen LogP contribution in [0.3, 0.4) is 0 Å². The summed E-state index contributed by atoms with van der Waals surface area (Å²) in [7, 11) is 0. The van der Waals surface area contributed by atoms with E-state index in [4.69, 9.17) is 16.6 Å². The summed E-state index contributed by atoms with van der Waals surface area (Å²) in [6, 6.07) is 29.7. The zero-order chi connectivity index (χ0) is 26.7. The first-order valence-corrected chi connectivity index (χ1v) is 14.4. The molecule has 0 aliphatic carbocycles. The number of carbonyl (C=O) groups excluding carboxylic acids is 1. The van der Waals surface area contributed by atoms with Crippen molar-refractivity contribution in [3.05, 3.63) is 124 Å². The Hall–Kier alpha value is -3.41. The molecule has 2 fully saturated rings. The zero-order valence-electron chi connectivity index (χ0n) is 22.3. The van der Waals surface area contributed by atoms with E-state index in [9.17, 15) is 4.79 Å². The summed E-state index contributed by atoms with van der Waals surface area (Å²) in [5.41, 5.74) is 5.48. The molecule has 3 heterocycles. The Labute approximate surface area is 236 Å². The van der Waals surface area contributed by atoms with Crippen LogP contribution in [0.1, 0.15) is 58.6 Å². The van der Waals surface area contributed by atoms with Gasteiger partial charge in [-0.2, -0.15) is 0 Å². The molecule has 39 heavy (non-hydrogen) atoms. The second kappa shape index (κ2) is 11.4. The van der Waals surface area contributed by atoms with Crippen molar-refractivity contribution >= 4 is 17.5 Å². The average molecular weight is 539 g/mol. The summed E-state index contributed by atoms with van der Waals surface area (Å²) >= 11 is 6.11. The van der Waals surface area contributed by atoms with Gasteiger partial charge in [0.2, 0.25) is 0 Å². The third-order valence-electron chi connectivity index (χ3n) is 8.51. The van der Waals surface area contributed by atoms with Gasteiger partial charge in [-0.05, 0) is 67.6 Å². The van der Waals surface area contributed by atoms with Crippen LogP contribution in [0.5, 0.6) is 0 Å². The molecule has 200 valence electrons. The molecule has 0 radical (unpaired) electrons. The molecule has 0 saturated carbocycles. The Balaban J connectivity index is 1.25. The Bertz CT molecular complexity index is 1350. The van der Waals surface area contributed by atoms with Gasteiger partial charge >= 0.3 is 0 Å². The number of hydrogen-bond acceptors (Lipinski definition) is 3. The number of imidazole rings is 1. The molecule has 6 rings (SSSR count). The largest absolute Gasteiger partial charge is 0.337 e. The molecule has 2 aliphatic heterocycles. The molecule has 3 aromatic carbocycles. The molecule has 6 heteroatoms. The van der Waals surface area contributed by atoms with E-state index in [1.165, 1.54) is 11.1 Å². The molecule has 0 unspecified atom stereocenters. The van der Waals surface area contributed by atoms with Crippen molar-refractivity contribution in [2.45, 2.75) is 44.2 Å². The smallest absolute Gasteiger partial charge is 0.272 e. The third kappa shape index (κ3) is 5.39. The number of benzene rings is 3. The lowest BCUT2D eigenvalue weighted by Crippen LogP contribution is -2.43. The van der Waals surface area contributed by atoms with Crippen LogP contribution in [0, 0.1) is 0 Å². The van der Waals surface area contributed by atoms with Gasteiger partial charge in [-0.25, -0.2) is 4.98 Å². The molecule has 2 saturated heterocycles. The van der Waals surface area contributed by atoms with Gasteiger partial charge in [-0.3, -0.25) is 9.69 Å². The van der Waals surface area contributed by atoms with E-state index in [2.05, 4.69) is 65.6 Å². The van der Waals surface area contributed by atoms with Gasteiger partial charge in [0.1, 0.15) is 5.69 Å². The van der Waals surface area contributed by atoms with Crippen molar-refractivity contribution in [1.29, 1.82) is 0 Å². The van der Waals surface area contributed by atoms with Crippen LogP contribution in [0.15, 0.2) is 91.3 Å². The lowest BCUT2D eigenvalue weighted by atomic mass is 9.68. The molecular weight excluding hydrogens is 504 g/mol. The van der Waals surface area contributed by atoms with Crippen LogP contribution in [-0.4, -0.2) is 51.4 Å². The molecule has 2 aliphatic rings. The highest BCUT2D eigenvalue weighted by Gasteiger charge is 2.38. The number of amides is 1. The highest BCUT2D eigenvalue weighted by Crippen LogP contribution is 2.42. The molecule has 0 atom stereocenters. The number of likely N-dealkylation sites (tertiary alicyclic amines) is 2. The summed E-state index contributed by atoms with van der Waals surface area (Å²) in [6.45, 7) is 4.83. The van der Waals surface area contributed by atoms with Crippen LogP contribution >= 0.6 is 11.6 Å². The van der Waals surface area contributed by atoms with E-state index >= 15 is 0 Å². The van der Waals surface area contributed by atoms with E-state index in [0.717, 1.165) is 68.8 Å². The van der Waals surface area contributed by atoms with Crippen LogP contribution in [0.4, 0.5) is 0 Å². The fourth-order valence-corrected chi connectivity index (χ4v) is 6.45. The maximum Gasteiger partial charge on any atom is 0.272 e. The first-order valence-electron chi connectivity index (χ1n) is 14.0. The molecule has 4 aromatic rings. The van der Waals surface area contributed by atoms with Crippen molar-refractivity contribution < 1.29 is 4.79 Å². The van der Waals surface area contributed by atoms with Gasteiger partial charge in [-0.1, -0.05) is 84.4 Å². The molecule has 0 N–H and O–H groups in total. The van der Waals surface area contributed by atoms with Crippen LogP contribution in [0.2, 0.25) is 5.02 Å². The monoisotopic (exact) mass is 538 g/mol. The van der Waals surface area contributed by atoms with Crippen LogP contribution in [-0.2, 0) is 18.5 Å². The first kappa shape index (κ1) is 25.8. The first-order chi connectivity index (χ1) is 19.1. The minimum atomic E-state index is 0.00115. The van der Waals surface area contributed by atoms with Crippen molar-refractivity contribution in [3.8, 4) is 0 Å². The van der Waals surface area contributed by atoms with Gasteiger partial charge in [-0.15, -0.1) is 0 Å². The molecule has 1 amide bonds. The minimum Gasteiger partial charge on any atom is -0.337 e. The van der Waals surface area contributed by atoms with Crippen LogP contribution < -0.4 is 0 Å².